The molecule has 5 heteroatoms. The van der Waals surface area contributed by atoms with Crippen LogP contribution < -0.4 is 5.32 Å². The molecule has 0 saturated carbocycles. The van der Waals surface area contributed by atoms with E-state index in [1.54, 1.807) is 12.1 Å². The van der Waals surface area contributed by atoms with E-state index in [0.717, 1.165) is 0 Å². The minimum Gasteiger partial charge on any atom is -0.338 e. The summed E-state index contributed by atoms with van der Waals surface area (Å²) >= 11 is 0. The van der Waals surface area contributed by atoms with Crippen molar-refractivity contribution in [2.75, 3.05) is 6.54 Å². The molecule has 1 heterocycles. The lowest BCUT2D eigenvalue weighted by Gasteiger charge is -1.93. The molecule has 2 aromatic rings. The minimum atomic E-state index is -0.298. The first kappa shape index (κ1) is 11.3. The van der Waals surface area contributed by atoms with Crippen molar-refractivity contribution >= 4 is 0 Å². The van der Waals surface area contributed by atoms with E-state index in [4.69, 9.17) is 10.9 Å². The van der Waals surface area contributed by atoms with Gasteiger partial charge >= 0.3 is 0 Å². The third-order valence-corrected chi connectivity index (χ3v) is 2.07. The maximum absolute atomic E-state index is 12.7. The van der Waals surface area contributed by atoms with Crippen molar-refractivity contribution < 1.29 is 8.91 Å². The Kier molecular flexibility index (Phi) is 3.48. The van der Waals surface area contributed by atoms with E-state index in [0.29, 0.717) is 30.4 Å². The van der Waals surface area contributed by atoms with Gasteiger partial charge in [0.2, 0.25) is 11.7 Å². The Morgan fingerprint density at radius 3 is 2.82 bits per heavy atom. The first-order valence-electron chi connectivity index (χ1n) is 5.02. The molecule has 4 nitrogen and oxygen atoms in total. The van der Waals surface area contributed by atoms with Crippen molar-refractivity contribution in [1.82, 2.24) is 15.5 Å². The molecular formula is C12H10FN3O. The molecule has 86 valence electrons. The van der Waals surface area contributed by atoms with Crippen LogP contribution in [0.1, 0.15) is 5.89 Å². The summed E-state index contributed by atoms with van der Waals surface area (Å²) in [6.45, 7) is 0.854. The Bertz CT molecular complexity index is 527. The van der Waals surface area contributed by atoms with Crippen molar-refractivity contribution in [3.05, 3.63) is 36.0 Å². The minimum absolute atomic E-state index is 0.298. The Morgan fingerprint density at radius 2 is 2.12 bits per heavy atom. The van der Waals surface area contributed by atoms with Crippen LogP contribution in [0.4, 0.5) is 4.39 Å². The predicted molar refractivity (Wildman–Crippen MR) is 60.2 cm³/mol. The van der Waals surface area contributed by atoms with Crippen molar-refractivity contribution in [2.24, 2.45) is 0 Å². The molecule has 17 heavy (non-hydrogen) atoms. The normalized spacial score (nSPS) is 10.1. The Morgan fingerprint density at radius 1 is 1.35 bits per heavy atom. The maximum atomic E-state index is 12.7. The molecule has 0 saturated heterocycles. The van der Waals surface area contributed by atoms with Gasteiger partial charge in [-0.3, -0.25) is 5.32 Å². The monoisotopic (exact) mass is 231 g/mol. The Hall–Kier alpha value is -2.19. The molecule has 0 aliphatic heterocycles. The SMILES string of the molecule is C#CCNCc1nc(-c2ccc(F)cc2)no1. The Labute approximate surface area is 97.8 Å². The van der Waals surface area contributed by atoms with Gasteiger partial charge < -0.3 is 4.52 Å². The number of hydrogen-bond acceptors (Lipinski definition) is 4. The van der Waals surface area contributed by atoms with Crippen molar-refractivity contribution in [3.63, 3.8) is 0 Å². The second kappa shape index (κ2) is 5.23. The summed E-state index contributed by atoms with van der Waals surface area (Å²) < 4.78 is 17.7. The molecule has 0 unspecified atom stereocenters. The highest BCUT2D eigenvalue weighted by Gasteiger charge is 2.07. The van der Waals surface area contributed by atoms with Crippen LogP contribution in [0.3, 0.4) is 0 Å². The highest BCUT2D eigenvalue weighted by molar-refractivity contribution is 5.53. The molecule has 1 aromatic carbocycles. The van der Waals surface area contributed by atoms with Crippen molar-refractivity contribution in [1.29, 1.82) is 0 Å². The average Bonchev–Trinajstić information content (AvgIpc) is 2.79. The van der Waals surface area contributed by atoms with Crippen LogP contribution in [0.5, 0.6) is 0 Å². The van der Waals surface area contributed by atoms with E-state index in [2.05, 4.69) is 21.4 Å². The summed E-state index contributed by atoms with van der Waals surface area (Å²) in [6, 6.07) is 5.89. The average molecular weight is 231 g/mol. The van der Waals surface area contributed by atoms with Gasteiger partial charge in [0.25, 0.3) is 0 Å². The topological polar surface area (TPSA) is 51.0 Å². The van der Waals surface area contributed by atoms with Gasteiger partial charge in [0.05, 0.1) is 13.1 Å². The van der Waals surface area contributed by atoms with Crippen molar-refractivity contribution in [3.8, 4) is 23.7 Å². The number of hydrogen-bond donors (Lipinski definition) is 1. The van der Waals surface area contributed by atoms with Crippen LogP contribution >= 0.6 is 0 Å². The fourth-order valence-corrected chi connectivity index (χ4v) is 1.28. The molecule has 0 amide bonds. The Balaban J connectivity index is 2.08. The smallest absolute Gasteiger partial charge is 0.240 e. The van der Waals surface area contributed by atoms with E-state index in [-0.39, 0.29) is 5.82 Å². The van der Waals surface area contributed by atoms with E-state index in [1.807, 2.05) is 0 Å². The molecule has 0 radical (unpaired) electrons. The number of halogens is 1. The zero-order valence-corrected chi connectivity index (χ0v) is 8.98. The lowest BCUT2D eigenvalue weighted by Crippen LogP contribution is -2.13. The number of aromatic nitrogens is 2. The van der Waals surface area contributed by atoms with Gasteiger partial charge in [0, 0.05) is 5.56 Å². The molecule has 0 fully saturated rings. The first-order chi connectivity index (χ1) is 8.29. The van der Waals surface area contributed by atoms with Crippen LogP contribution in [0.25, 0.3) is 11.4 Å². The van der Waals surface area contributed by atoms with Crippen molar-refractivity contribution in [2.45, 2.75) is 6.54 Å². The lowest BCUT2D eigenvalue weighted by atomic mass is 10.2. The van der Waals surface area contributed by atoms with Crippen LogP contribution in [0, 0.1) is 18.2 Å². The fraction of sp³-hybridized carbons (Fsp3) is 0.167. The van der Waals surface area contributed by atoms with Gasteiger partial charge in [0.15, 0.2) is 0 Å². The maximum Gasteiger partial charge on any atom is 0.240 e. The molecule has 0 atom stereocenters. The second-order valence-corrected chi connectivity index (χ2v) is 3.33. The number of nitrogens with zero attached hydrogens (tertiary/aromatic N) is 2. The summed E-state index contributed by atoms with van der Waals surface area (Å²) in [5.41, 5.74) is 0.707. The largest absolute Gasteiger partial charge is 0.338 e. The van der Waals surface area contributed by atoms with Gasteiger partial charge in [-0.05, 0) is 24.3 Å². The number of nitrogens with one attached hydrogen (secondary N) is 1. The first-order valence-corrected chi connectivity index (χ1v) is 5.02. The fourth-order valence-electron chi connectivity index (χ4n) is 1.28. The van der Waals surface area contributed by atoms with Gasteiger partial charge in [-0.15, -0.1) is 6.42 Å². The summed E-state index contributed by atoms with van der Waals surface area (Å²) in [7, 11) is 0. The van der Waals surface area contributed by atoms with Gasteiger partial charge in [-0.1, -0.05) is 11.1 Å². The van der Waals surface area contributed by atoms with Crippen LogP contribution in [0.2, 0.25) is 0 Å². The molecule has 1 aromatic heterocycles. The van der Waals surface area contributed by atoms with E-state index < -0.39 is 0 Å². The standard InChI is InChI=1S/C12H10FN3O/c1-2-7-14-8-11-15-12(16-17-11)9-3-5-10(13)6-4-9/h1,3-6,14H,7-8H2. The zero-order valence-electron chi connectivity index (χ0n) is 8.98. The molecule has 1 N–H and O–H groups in total. The van der Waals surface area contributed by atoms with Gasteiger partial charge in [-0.25, -0.2) is 4.39 Å². The molecule has 0 bridgehead atoms. The number of rotatable bonds is 4. The van der Waals surface area contributed by atoms with Crippen LogP contribution in [-0.4, -0.2) is 16.7 Å². The summed E-state index contributed by atoms with van der Waals surface area (Å²) in [5.74, 6) is 3.02. The van der Waals surface area contributed by atoms with E-state index in [1.165, 1.54) is 12.1 Å². The second-order valence-electron chi connectivity index (χ2n) is 3.33. The summed E-state index contributed by atoms with van der Waals surface area (Å²) in [6.07, 6.45) is 5.09. The molecule has 0 aliphatic carbocycles. The lowest BCUT2D eigenvalue weighted by molar-refractivity contribution is 0.370. The molecule has 0 spiro atoms. The number of terminal acetylenes is 1. The summed E-state index contributed by atoms with van der Waals surface area (Å²) in [5, 5.41) is 6.73. The highest BCUT2D eigenvalue weighted by atomic mass is 19.1. The van der Waals surface area contributed by atoms with E-state index >= 15 is 0 Å². The molecule has 0 aliphatic rings. The van der Waals surface area contributed by atoms with Crippen LogP contribution in [-0.2, 0) is 6.54 Å². The third kappa shape index (κ3) is 2.89. The van der Waals surface area contributed by atoms with Gasteiger partial charge in [-0.2, -0.15) is 4.98 Å². The third-order valence-electron chi connectivity index (χ3n) is 2.07. The quantitative estimate of drug-likeness (QED) is 0.641. The van der Waals surface area contributed by atoms with E-state index in [9.17, 15) is 4.39 Å². The zero-order chi connectivity index (χ0) is 12.1. The predicted octanol–water partition coefficient (Wildman–Crippen LogP) is 1.60. The molecular weight excluding hydrogens is 221 g/mol. The highest BCUT2D eigenvalue weighted by Crippen LogP contribution is 2.15. The van der Waals surface area contributed by atoms with Crippen LogP contribution in [0.15, 0.2) is 28.8 Å². The number of benzene rings is 1. The van der Waals surface area contributed by atoms with Gasteiger partial charge in [0.1, 0.15) is 5.82 Å². The summed E-state index contributed by atoms with van der Waals surface area (Å²) in [4.78, 5) is 4.15. The molecule has 2 rings (SSSR count).